The van der Waals surface area contributed by atoms with E-state index in [1.54, 1.807) is 0 Å². The van der Waals surface area contributed by atoms with Crippen molar-refractivity contribution in [1.29, 1.82) is 0 Å². The van der Waals surface area contributed by atoms with Gasteiger partial charge in [0.25, 0.3) is 0 Å². The maximum absolute atomic E-state index is 2.45. The molecule has 0 aromatic carbocycles. The number of thioether (sulfide) groups is 1. The Labute approximate surface area is 95.2 Å². The Morgan fingerprint density at radius 1 is 1.00 bits per heavy atom. The minimum atomic E-state index is 0.517. The standard InChI is InChI=1S/C13H28S/c1-10(2)8-13(7,11(3)4)9-14-12(5)6/h10-12H,8-9H2,1-7H3. The van der Waals surface area contributed by atoms with E-state index in [4.69, 9.17) is 0 Å². The minimum absolute atomic E-state index is 0.517. The molecule has 1 unspecified atom stereocenters. The van der Waals surface area contributed by atoms with E-state index < -0.39 is 0 Å². The summed E-state index contributed by atoms with van der Waals surface area (Å²) in [6.45, 7) is 16.4. The Morgan fingerprint density at radius 2 is 1.50 bits per heavy atom. The minimum Gasteiger partial charge on any atom is -0.159 e. The zero-order chi connectivity index (χ0) is 11.4. The van der Waals surface area contributed by atoms with Crippen LogP contribution in [0.4, 0.5) is 0 Å². The average molecular weight is 216 g/mol. The van der Waals surface area contributed by atoms with Gasteiger partial charge >= 0.3 is 0 Å². The van der Waals surface area contributed by atoms with E-state index in [2.05, 4.69) is 60.2 Å². The van der Waals surface area contributed by atoms with E-state index in [9.17, 15) is 0 Å². The summed E-state index contributed by atoms with van der Waals surface area (Å²) in [5, 5.41) is 0.764. The molecule has 14 heavy (non-hydrogen) atoms. The molecule has 0 bridgehead atoms. The number of rotatable bonds is 6. The van der Waals surface area contributed by atoms with Crippen LogP contribution in [-0.4, -0.2) is 11.0 Å². The zero-order valence-corrected chi connectivity index (χ0v) is 11.9. The van der Waals surface area contributed by atoms with Crippen molar-refractivity contribution >= 4 is 11.8 Å². The Balaban J connectivity index is 4.24. The lowest BCUT2D eigenvalue weighted by Crippen LogP contribution is -2.28. The van der Waals surface area contributed by atoms with Crippen LogP contribution in [-0.2, 0) is 0 Å². The Bertz CT molecular complexity index is 149. The van der Waals surface area contributed by atoms with Crippen molar-refractivity contribution in [1.82, 2.24) is 0 Å². The highest BCUT2D eigenvalue weighted by Gasteiger charge is 2.29. The van der Waals surface area contributed by atoms with Gasteiger partial charge in [0, 0.05) is 0 Å². The van der Waals surface area contributed by atoms with E-state index in [-0.39, 0.29) is 0 Å². The van der Waals surface area contributed by atoms with Gasteiger partial charge < -0.3 is 0 Å². The third-order valence-corrected chi connectivity index (χ3v) is 4.51. The highest BCUT2D eigenvalue weighted by molar-refractivity contribution is 7.99. The summed E-state index contributed by atoms with van der Waals surface area (Å²) < 4.78 is 0. The fourth-order valence-corrected chi connectivity index (χ4v) is 2.92. The molecule has 0 saturated heterocycles. The van der Waals surface area contributed by atoms with Gasteiger partial charge in [-0.15, -0.1) is 0 Å². The Kier molecular flexibility index (Phi) is 6.20. The first-order valence-electron chi connectivity index (χ1n) is 5.89. The molecule has 0 N–H and O–H groups in total. The lowest BCUT2D eigenvalue weighted by molar-refractivity contribution is 0.206. The van der Waals surface area contributed by atoms with Gasteiger partial charge in [0.2, 0.25) is 0 Å². The third kappa shape index (κ3) is 5.29. The van der Waals surface area contributed by atoms with Crippen LogP contribution in [0.15, 0.2) is 0 Å². The molecule has 0 rings (SSSR count). The molecule has 0 fully saturated rings. The molecule has 0 saturated carbocycles. The molecule has 0 nitrogen and oxygen atoms in total. The molecule has 1 heteroatoms. The molecule has 0 aliphatic heterocycles. The van der Waals surface area contributed by atoms with Crippen molar-refractivity contribution in [3.63, 3.8) is 0 Å². The molecule has 0 aliphatic carbocycles. The average Bonchev–Trinajstić information content (AvgIpc) is 1.99. The molecular formula is C13H28S. The van der Waals surface area contributed by atoms with Crippen molar-refractivity contribution in [2.24, 2.45) is 17.3 Å². The predicted octanol–water partition coefficient (Wildman–Crippen LogP) is 4.84. The summed E-state index contributed by atoms with van der Waals surface area (Å²) in [7, 11) is 0. The van der Waals surface area contributed by atoms with Crippen LogP contribution in [0.1, 0.15) is 54.9 Å². The molecule has 0 aliphatic rings. The second-order valence-electron chi connectivity index (χ2n) is 5.77. The summed E-state index contributed by atoms with van der Waals surface area (Å²) >= 11 is 2.11. The highest BCUT2D eigenvalue weighted by Crippen LogP contribution is 2.38. The van der Waals surface area contributed by atoms with Crippen molar-refractivity contribution in [2.45, 2.75) is 60.1 Å². The molecular weight excluding hydrogens is 188 g/mol. The fraction of sp³-hybridized carbons (Fsp3) is 1.00. The summed E-state index contributed by atoms with van der Waals surface area (Å²) in [6, 6.07) is 0. The van der Waals surface area contributed by atoms with Gasteiger partial charge in [0.05, 0.1) is 0 Å². The fourth-order valence-electron chi connectivity index (χ4n) is 1.75. The normalized spacial score (nSPS) is 16.7. The molecule has 86 valence electrons. The molecule has 0 radical (unpaired) electrons. The van der Waals surface area contributed by atoms with Gasteiger partial charge in [-0.3, -0.25) is 0 Å². The quantitative estimate of drug-likeness (QED) is 0.612. The second-order valence-corrected chi connectivity index (χ2v) is 7.33. The van der Waals surface area contributed by atoms with Gasteiger partial charge in [-0.25, -0.2) is 0 Å². The van der Waals surface area contributed by atoms with Crippen LogP contribution in [0.3, 0.4) is 0 Å². The van der Waals surface area contributed by atoms with Gasteiger partial charge in [-0.05, 0) is 34.7 Å². The predicted molar refractivity (Wildman–Crippen MR) is 70.0 cm³/mol. The highest BCUT2D eigenvalue weighted by atomic mass is 32.2. The Morgan fingerprint density at radius 3 is 1.79 bits per heavy atom. The maximum Gasteiger partial charge on any atom is -0.000832 e. The first kappa shape index (κ1) is 14.3. The molecule has 0 spiro atoms. The summed E-state index contributed by atoms with van der Waals surface area (Å²) in [4.78, 5) is 0. The lowest BCUT2D eigenvalue weighted by Gasteiger charge is -2.35. The molecule has 0 heterocycles. The molecule has 0 aromatic heterocycles. The van der Waals surface area contributed by atoms with Crippen LogP contribution in [0.2, 0.25) is 0 Å². The molecule has 0 amide bonds. The van der Waals surface area contributed by atoms with Gasteiger partial charge in [-0.2, -0.15) is 11.8 Å². The van der Waals surface area contributed by atoms with Gasteiger partial charge in [0.1, 0.15) is 0 Å². The molecule has 1 atom stereocenters. The first-order chi connectivity index (χ1) is 6.28. The number of hydrogen-bond donors (Lipinski definition) is 0. The van der Waals surface area contributed by atoms with Gasteiger partial charge in [0.15, 0.2) is 0 Å². The second kappa shape index (κ2) is 6.05. The number of hydrogen-bond acceptors (Lipinski definition) is 1. The van der Waals surface area contributed by atoms with Crippen LogP contribution in [0.5, 0.6) is 0 Å². The van der Waals surface area contributed by atoms with E-state index in [0.717, 1.165) is 17.1 Å². The van der Waals surface area contributed by atoms with Crippen molar-refractivity contribution in [3.05, 3.63) is 0 Å². The Hall–Kier alpha value is 0.350. The smallest absolute Gasteiger partial charge is 0.000832 e. The first-order valence-corrected chi connectivity index (χ1v) is 6.94. The SMILES string of the molecule is CC(C)CC(C)(CSC(C)C)C(C)C. The van der Waals surface area contributed by atoms with E-state index in [0.29, 0.717) is 5.41 Å². The zero-order valence-electron chi connectivity index (χ0n) is 11.1. The van der Waals surface area contributed by atoms with E-state index >= 15 is 0 Å². The van der Waals surface area contributed by atoms with E-state index in [1.165, 1.54) is 12.2 Å². The monoisotopic (exact) mass is 216 g/mol. The van der Waals surface area contributed by atoms with E-state index in [1.807, 2.05) is 0 Å². The third-order valence-electron chi connectivity index (χ3n) is 3.01. The summed E-state index contributed by atoms with van der Waals surface area (Å²) in [5.41, 5.74) is 0.517. The van der Waals surface area contributed by atoms with Gasteiger partial charge in [-0.1, -0.05) is 48.5 Å². The van der Waals surface area contributed by atoms with Crippen LogP contribution < -0.4 is 0 Å². The maximum atomic E-state index is 2.45. The van der Waals surface area contributed by atoms with Crippen molar-refractivity contribution in [2.75, 3.05) is 5.75 Å². The lowest BCUT2D eigenvalue weighted by atomic mass is 9.75. The van der Waals surface area contributed by atoms with Crippen molar-refractivity contribution < 1.29 is 0 Å². The van der Waals surface area contributed by atoms with Crippen molar-refractivity contribution in [3.8, 4) is 0 Å². The molecule has 0 aromatic rings. The van der Waals surface area contributed by atoms with Crippen LogP contribution >= 0.6 is 11.8 Å². The van der Waals surface area contributed by atoms with Crippen LogP contribution in [0, 0.1) is 17.3 Å². The largest absolute Gasteiger partial charge is 0.159 e. The van der Waals surface area contributed by atoms with Crippen LogP contribution in [0.25, 0.3) is 0 Å². The topological polar surface area (TPSA) is 0 Å². The summed E-state index contributed by atoms with van der Waals surface area (Å²) in [6.07, 6.45) is 1.35. The summed E-state index contributed by atoms with van der Waals surface area (Å²) in [5.74, 6) is 2.91.